The Morgan fingerprint density at radius 3 is 3.00 bits per heavy atom. The molecule has 0 aliphatic heterocycles. The normalized spacial score (nSPS) is 17.1. The molecule has 18 heavy (non-hydrogen) atoms. The molecule has 0 fully saturated rings. The van der Waals surface area contributed by atoms with Crippen LogP contribution in [0.5, 0.6) is 0 Å². The molecule has 1 unspecified atom stereocenters. The molecule has 0 amide bonds. The molecule has 0 bridgehead atoms. The van der Waals surface area contributed by atoms with Gasteiger partial charge in [0.1, 0.15) is 5.82 Å². The van der Waals surface area contributed by atoms with E-state index in [0.29, 0.717) is 12.1 Å². The molecule has 0 saturated heterocycles. The molecule has 0 spiro atoms. The number of aromatic nitrogens is 2. The van der Waals surface area contributed by atoms with Crippen LogP contribution in [0, 0.1) is 0 Å². The van der Waals surface area contributed by atoms with Gasteiger partial charge in [-0.2, -0.15) is 0 Å². The van der Waals surface area contributed by atoms with Gasteiger partial charge in [0.05, 0.1) is 0 Å². The first-order chi connectivity index (χ1) is 8.79. The van der Waals surface area contributed by atoms with E-state index in [1.165, 1.54) is 11.1 Å². The maximum atomic E-state index is 11.9. The van der Waals surface area contributed by atoms with Gasteiger partial charge in [-0.25, -0.2) is 4.98 Å². The highest BCUT2D eigenvalue weighted by molar-refractivity contribution is 5.43. The van der Waals surface area contributed by atoms with Gasteiger partial charge >= 0.3 is 0 Å². The van der Waals surface area contributed by atoms with E-state index < -0.39 is 0 Å². The second-order valence-corrected chi connectivity index (χ2v) is 4.61. The Balaban J connectivity index is 1.92. The topological polar surface area (TPSA) is 57.8 Å². The van der Waals surface area contributed by atoms with E-state index in [1.807, 2.05) is 19.2 Å². The van der Waals surface area contributed by atoms with Gasteiger partial charge in [-0.3, -0.25) is 4.79 Å². The summed E-state index contributed by atoms with van der Waals surface area (Å²) < 4.78 is 0. The molecule has 2 N–H and O–H groups in total. The van der Waals surface area contributed by atoms with Crippen molar-refractivity contribution in [2.24, 2.45) is 0 Å². The van der Waals surface area contributed by atoms with Gasteiger partial charge in [0.25, 0.3) is 5.56 Å². The van der Waals surface area contributed by atoms with Crippen LogP contribution in [-0.4, -0.2) is 17.0 Å². The SMILES string of the molecule is CNCc1cnc(C2Cc3ccccc32)[nH]c1=O. The predicted molar refractivity (Wildman–Crippen MR) is 69.6 cm³/mol. The first-order valence-electron chi connectivity index (χ1n) is 6.10. The molecule has 1 heterocycles. The highest BCUT2D eigenvalue weighted by Crippen LogP contribution is 2.37. The Labute approximate surface area is 105 Å². The van der Waals surface area contributed by atoms with Crippen LogP contribution in [0.25, 0.3) is 0 Å². The van der Waals surface area contributed by atoms with Gasteiger partial charge in [-0.15, -0.1) is 0 Å². The van der Waals surface area contributed by atoms with Crippen LogP contribution in [-0.2, 0) is 13.0 Å². The average molecular weight is 241 g/mol. The van der Waals surface area contributed by atoms with Gasteiger partial charge in [0.15, 0.2) is 0 Å². The van der Waals surface area contributed by atoms with Crippen molar-refractivity contribution in [3.8, 4) is 0 Å². The zero-order valence-electron chi connectivity index (χ0n) is 10.2. The van der Waals surface area contributed by atoms with Crippen LogP contribution in [0.15, 0.2) is 35.3 Å². The number of H-pyrrole nitrogens is 1. The summed E-state index contributed by atoms with van der Waals surface area (Å²) in [4.78, 5) is 19.1. The van der Waals surface area contributed by atoms with Crippen molar-refractivity contribution in [2.45, 2.75) is 18.9 Å². The first kappa shape index (κ1) is 11.2. The number of benzene rings is 1. The molecular weight excluding hydrogens is 226 g/mol. The van der Waals surface area contributed by atoms with Crippen molar-refractivity contribution >= 4 is 0 Å². The summed E-state index contributed by atoms with van der Waals surface area (Å²) in [6, 6.07) is 8.30. The van der Waals surface area contributed by atoms with Crippen molar-refractivity contribution in [3.63, 3.8) is 0 Å². The van der Waals surface area contributed by atoms with E-state index in [-0.39, 0.29) is 11.5 Å². The minimum Gasteiger partial charge on any atom is -0.315 e. The van der Waals surface area contributed by atoms with E-state index in [0.717, 1.165) is 12.2 Å². The van der Waals surface area contributed by atoms with E-state index >= 15 is 0 Å². The molecule has 4 heteroatoms. The smallest absolute Gasteiger partial charge is 0.255 e. The fourth-order valence-corrected chi connectivity index (χ4v) is 2.43. The summed E-state index contributed by atoms with van der Waals surface area (Å²) in [7, 11) is 1.82. The third-order valence-electron chi connectivity index (χ3n) is 3.44. The zero-order chi connectivity index (χ0) is 12.5. The summed E-state index contributed by atoms with van der Waals surface area (Å²) in [6.07, 6.45) is 2.64. The van der Waals surface area contributed by atoms with Crippen LogP contribution in [0.2, 0.25) is 0 Å². The number of fused-ring (bicyclic) bond motifs is 1. The summed E-state index contributed by atoms with van der Waals surface area (Å²) in [6.45, 7) is 0.546. The third-order valence-corrected chi connectivity index (χ3v) is 3.44. The van der Waals surface area contributed by atoms with Crippen molar-refractivity contribution < 1.29 is 0 Å². The maximum Gasteiger partial charge on any atom is 0.255 e. The lowest BCUT2D eigenvalue weighted by atomic mass is 9.77. The molecule has 4 nitrogen and oxygen atoms in total. The molecule has 3 rings (SSSR count). The van der Waals surface area contributed by atoms with Crippen LogP contribution in [0.3, 0.4) is 0 Å². The fourth-order valence-electron chi connectivity index (χ4n) is 2.43. The van der Waals surface area contributed by atoms with Crippen molar-refractivity contribution in [2.75, 3.05) is 7.05 Å². The lowest BCUT2D eigenvalue weighted by Gasteiger charge is -2.29. The summed E-state index contributed by atoms with van der Waals surface area (Å²) in [5.41, 5.74) is 3.26. The molecule has 1 aromatic heterocycles. The monoisotopic (exact) mass is 241 g/mol. The quantitative estimate of drug-likeness (QED) is 0.848. The van der Waals surface area contributed by atoms with E-state index in [1.54, 1.807) is 6.20 Å². The van der Waals surface area contributed by atoms with Crippen molar-refractivity contribution in [1.29, 1.82) is 0 Å². The molecule has 1 atom stereocenters. The van der Waals surface area contributed by atoms with Crippen LogP contribution in [0.1, 0.15) is 28.4 Å². The number of aromatic amines is 1. The van der Waals surface area contributed by atoms with Crippen molar-refractivity contribution in [1.82, 2.24) is 15.3 Å². The highest BCUT2D eigenvalue weighted by atomic mass is 16.1. The second-order valence-electron chi connectivity index (χ2n) is 4.61. The second kappa shape index (κ2) is 4.38. The van der Waals surface area contributed by atoms with E-state index in [9.17, 15) is 4.79 Å². The Morgan fingerprint density at radius 2 is 2.28 bits per heavy atom. The Morgan fingerprint density at radius 1 is 1.44 bits per heavy atom. The standard InChI is InChI=1S/C14H15N3O/c1-15-7-10-8-16-13(17-14(10)18)12-6-9-4-2-3-5-11(9)12/h2-5,8,12,15H,6-7H2,1H3,(H,16,17,18). The molecule has 1 aliphatic carbocycles. The van der Waals surface area contributed by atoms with Crippen LogP contribution < -0.4 is 10.9 Å². The molecule has 0 radical (unpaired) electrons. The number of rotatable bonds is 3. The van der Waals surface area contributed by atoms with Gasteiger partial charge < -0.3 is 10.3 Å². The molecule has 2 aromatic rings. The van der Waals surface area contributed by atoms with Crippen LogP contribution in [0.4, 0.5) is 0 Å². The van der Waals surface area contributed by atoms with Gasteiger partial charge in [-0.1, -0.05) is 24.3 Å². The molecular formula is C14H15N3O. The molecule has 1 aromatic carbocycles. The first-order valence-corrected chi connectivity index (χ1v) is 6.10. The predicted octanol–water partition coefficient (Wildman–Crippen LogP) is 1.18. The Hall–Kier alpha value is -1.94. The summed E-state index contributed by atoms with van der Waals surface area (Å²) in [5.74, 6) is 1.02. The number of nitrogens with zero attached hydrogens (tertiary/aromatic N) is 1. The zero-order valence-corrected chi connectivity index (χ0v) is 10.2. The lowest BCUT2D eigenvalue weighted by molar-refractivity contribution is 0.650. The number of hydrogen-bond donors (Lipinski definition) is 2. The minimum atomic E-state index is -0.0428. The highest BCUT2D eigenvalue weighted by Gasteiger charge is 2.28. The van der Waals surface area contributed by atoms with Gasteiger partial charge in [0, 0.05) is 24.2 Å². The Bertz CT molecular complexity index is 633. The number of hydrogen-bond acceptors (Lipinski definition) is 3. The molecule has 92 valence electrons. The molecule has 1 aliphatic rings. The average Bonchev–Trinajstić information content (AvgIpc) is 2.34. The van der Waals surface area contributed by atoms with Gasteiger partial charge in [0.2, 0.25) is 0 Å². The number of nitrogens with one attached hydrogen (secondary N) is 2. The molecule has 0 saturated carbocycles. The largest absolute Gasteiger partial charge is 0.315 e. The van der Waals surface area contributed by atoms with E-state index in [2.05, 4.69) is 27.4 Å². The lowest BCUT2D eigenvalue weighted by Crippen LogP contribution is -2.26. The summed E-state index contributed by atoms with van der Waals surface area (Å²) >= 11 is 0. The van der Waals surface area contributed by atoms with Crippen LogP contribution >= 0.6 is 0 Å². The van der Waals surface area contributed by atoms with E-state index in [4.69, 9.17) is 0 Å². The minimum absolute atomic E-state index is 0.0428. The van der Waals surface area contributed by atoms with Crippen molar-refractivity contribution in [3.05, 3.63) is 63.3 Å². The summed E-state index contributed by atoms with van der Waals surface area (Å²) in [5, 5.41) is 2.96. The third kappa shape index (κ3) is 1.75. The maximum absolute atomic E-state index is 11.9. The Kier molecular flexibility index (Phi) is 2.72. The van der Waals surface area contributed by atoms with Gasteiger partial charge in [-0.05, 0) is 24.6 Å². The fraction of sp³-hybridized carbons (Fsp3) is 0.286.